The average molecular weight is 373 g/mol. The van der Waals surface area contributed by atoms with E-state index in [9.17, 15) is 18.0 Å². The molecular formula is C16H12ClF3N2O3. The Morgan fingerprint density at radius 2 is 1.92 bits per heavy atom. The SMILES string of the molecule is O=C(CNCc1c(Cl)ccc2c1OCO2)Nc1ccc(F)c(F)c1F. The van der Waals surface area contributed by atoms with E-state index in [0.29, 0.717) is 22.1 Å². The summed E-state index contributed by atoms with van der Waals surface area (Å²) >= 11 is 6.10. The maximum Gasteiger partial charge on any atom is 0.238 e. The van der Waals surface area contributed by atoms with E-state index < -0.39 is 29.0 Å². The van der Waals surface area contributed by atoms with Gasteiger partial charge in [-0.05, 0) is 24.3 Å². The number of nitrogens with one attached hydrogen (secondary N) is 2. The lowest BCUT2D eigenvalue weighted by Crippen LogP contribution is -2.28. The standard InChI is InChI=1S/C16H12ClF3N2O3/c17-9-1-4-12-16(25-7-24-12)8(9)5-21-6-13(23)22-11-3-2-10(18)14(19)15(11)20/h1-4,21H,5-7H2,(H,22,23). The molecule has 2 N–H and O–H groups in total. The van der Waals surface area contributed by atoms with Crippen LogP contribution in [0, 0.1) is 17.5 Å². The van der Waals surface area contributed by atoms with Gasteiger partial charge in [-0.1, -0.05) is 11.6 Å². The van der Waals surface area contributed by atoms with Crippen LogP contribution >= 0.6 is 11.6 Å². The lowest BCUT2D eigenvalue weighted by molar-refractivity contribution is -0.115. The topological polar surface area (TPSA) is 59.6 Å². The van der Waals surface area contributed by atoms with Crippen molar-refractivity contribution >= 4 is 23.2 Å². The molecule has 5 nitrogen and oxygen atoms in total. The third-order valence-corrected chi connectivity index (χ3v) is 3.84. The largest absolute Gasteiger partial charge is 0.454 e. The normalized spacial score (nSPS) is 12.3. The van der Waals surface area contributed by atoms with Gasteiger partial charge in [0.15, 0.2) is 29.0 Å². The molecule has 9 heteroatoms. The fourth-order valence-electron chi connectivity index (χ4n) is 2.29. The summed E-state index contributed by atoms with van der Waals surface area (Å²) in [7, 11) is 0. The molecule has 2 aromatic rings. The Bertz CT molecular complexity index is 833. The van der Waals surface area contributed by atoms with Gasteiger partial charge in [0.1, 0.15) is 0 Å². The molecule has 0 spiro atoms. The molecule has 1 aliphatic rings. The average Bonchev–Trinajstić information content (AvgIpc) is 3.06. The Labute approximate surface area is 145 Å². The van der Waals surface area contributed by atoms with E-state index in [4.69, 9.17) is 21.1 Å². The van der Waals surface area contributed by atoms with Crippen molar-refractivity contribution in [3.8, 4) is 11.5 Å². The van der Waals surface area contributed by atoms with Gasteiger partial charge < -0.3 is 20.1 Å². The molecule has 0 saturated carbocycles. The van der Waals surface area contributed by atoms with Crippen molar-refractivity contribution in [1.29, 1.82) is 0 Å². The molecule has 132 valence electrons. The minimum atomic E-state index is -1.64. The first-order chi connectivity index (χ1) is 12.0. The van der Waals surface area contributed by atoms with Crippen LogP contribution in [0.5, 0.6) is 11.5 Å². The summed E-state index contributed by atoms with van der Waals surface area (Å²) in [6.45, 7) is 0.0664. The number of halogens is 4. The van der Waals surface area contributed by atoms with Crippen molar-refractivity contribution in [2.24, 2.45) is 0 Å². The number of carbonyl (C=O) groups is 1. The third kappa shape index (κ3) is 3.64. The van der Waals surface area contributed by atoms with Crippen molar-refractivity contribution in [1.82, 2.24) is 5.32 Å². The van der Waals surface area contributed by atoms with Crippen LogP contribution in [0.2, 0.25) is 5.02 Å². The Morgan fingerprint density at radius 1 is 1.12 bits per heavy atom. The highest BCUT2D eigenvalue weighted by Crippen LogP contribution is 2.39. The summed E-state index contributed by atoms with van der Waals surface area (Å²) in [6.07, 6.45) is 0. The number of ether oxygens (including phenoxy) is 2. The second-order valence-electron chi connectivity index (χ2n) is 5.13. The Hall–Kier alpha value is -2.45. The van der Waals surface area contributed by atoms with Crippen LogP contribution in [0.1, 0.15) is 5.56 Å². The summed E-state index contributed by atoms with van der Waals surface area (Å²) < 4.78 is 50.1. The molecule has 0 bridgehead atoms. The highest BCUT2D eigenvalue weighted by atomic mass is 35.5. The Morgan fingerprint density at radius 3 is 2.72 bits per heavy atom. The Balaban J connectivity index is 1.59. The number of anilines is 1. The van der Waals surface area contributed by atoms with Crippen LogP contribution in [0.25, 0.3) is 0 Å². The molecule has 0 saturated heterocycles. The minimum absolute atomic E-state index is 0.0819. The molecule has 2 aromatic carbocycles. The molecule has 0 aliphatic carbocycles. The van der Waals surface area contributed by atoms with E-state index in [0.717, 1.165) is 12.1 Å². The zero-order valence-electron chi connectivity index (χ0n) is 12.7. The summed E-state index contributed by atoms with van der Waals surface area (Å²) in [4.78, 5) is 11.8. The van der Waals surface area contributed by atoms with Crippen molar-refractivity contribution < 1.29 is 27.4 Å². The molecule has 3 rings (SSSR count). The van der Waals surface area contributed by atoms with E-state index >= 15 is 0 Å². The number of rotatable bonds is 5. The molecule has 0 unspecified atom stereocenters. The predicted octanol–water partition coefficient (Wildman–Crippen LogP) is 3.21. The number of carbonyl (C=O) groups excluding carboxylic acids is 1. The van der Waals surface area contributed by atoms with Gasteiger partial charge in [-0.2, -0.15) is 0 Å². The van der Waals surface area contributed by atoms with E-state index in [1.807, 2.05) is 0 Å². The first kappa shape index (κ1) is 17.4. The number of benzene rings is 2. The minimum Gasteiger partial charge on any atom is -0.454 e. The van der Waals surface area contributed by atoms with Gasteiger partial charge >= 0.3 is 0 Å². The highest BCUT2D eigenvalue weighted by Gasteiger charge is 2.20. The molecule has 0 fully saturated rings. The van der Waals surface area contributed by atoms with Crippen LogP contribution in [0.3, 0.4) is 0 Å². The molecule has 0 atom stereocenters. The number of hydrogen-bond donors (Lipinski definition) is 2. The van der Waals surface area contributed by atoms with Gasteiger partial charge in [0.25, 0.3) is 0 Å². The van der Waals surface area contributed by atoms with Crippen LogP contribution in [0.15, 0.2) is 24.3 Å². The summed E-state index contributed by atoms with van der Waals surface area (Å²) in [5, 5.41) is 5.41. The summed E-state index contributed by atoms with van der Waals surface area (Å²) in [5.74, 6) is -4.02. The third-order valence-electron chi connectivity index (χ3n) is 3.48. The van der Waals surface area contributed by atoms with Gasteiger partial charge in [0, 0.05) is 17.1 Å². The summed E-state index contributed by atoms with van der Waals surface area (Å²) in [5.41, 5.74) is 0.171. The Kier molecular flexibility index (Phi) is 5.00. The van der Waals surface area contributed by atoms with E-state index in [1.54, 1.807) is 12.1 Å². The smallest absolute Gasteiger partial charge is 0.238 e. The quantitative estimate of drug-likeness (QED) is 0.791. The van der Waals surface area contributed by atoms with Crippen LogP contribution < -0.4 is 20.1 Å². The molecule has 25 heavy (non-hydrogen) atoms. The number of fused-ring (bicyclic) bond motifs is 1. The number of amides is 1. The maximum absolute atomic E-state index is 13.5. The fourth-order valence-corrected chi connectivity index (χ4v) is 2.50. The van der Waals surface area contributed by atoms with E-state index in [2.05, 4.69) is 10.6 Å². The predicted molar refractivity (Wildman–Crippen MR) is 84.2 cm³/mol. The van der Waals surface area contributed by atoms with E-state index in [-0.39, 0.29) is 19.9 Å². The second kappa shape index (κ2) is 7.20. The monoisotopic (exact) mass is 372 g/mol. The van der Waals surface area contributed by atoms with Crippen molar-refractivity contribution in [3.63, 3.8) is 0 Å². The van der Waals surface area contributed by atoms with Gasteiger partial charge in [-0.3, -0.25) is 4.79 Å². The second-order valence-corrected chi connectivity index (χ2v) is 5.54. The van der Waals surface area contributed by atoms with Crippen molar-refractivity contribution in [3.05, 3.63) is 52.3 Å². The molecule has 0 aromatic heterocycles. The van der Waals surface area contributed by atoms with Crippen molar-refractivity contribution in [2.45, 2.75) is 6.54 Å². The lowest BCUT2D eigenvalue weighted by atomic mass is 10.2. The van der Waals surface area contributed by atoms with Gasteiger partial charge in [0.05, 0.1) is 12.2 Å². The van der Waals surface area contributed by atoms with Crippen LogP contribution in [0.4, 0.5) is 18.9 Å². The van der Waals surface area contributed by atoms with Crippen LogP contribution in [-0.2, 0) is 11.3 Å². The van der Waals surface area contributed by atoms with Gasteiger partial charge in [-0.15, -0.1) is 0 Å². The fraction of sp³-hybridized carbons (Fsp3) is 0.188. The molecule has 1 heterocycles. The molecule has 1 amide bonds. The number of hydrogen-bond acceptors (Lipinski definition) is 4. The van der Waals surface area contributed by atoms with Crippen molar-refractivity contribution in [2.75, 3.05) is 18.7 Å². The van der Waals surface area contributed by atoms with E-state index in [1.165, 1.54) is 0 Å². The summed E-state index contributed by atoms with van der Waals surface area (Å²) in [6, 6.07) is 4.99. The maximum atomic E-state index is 13.5. The molecule has 0 radical (unpaired) electrons. The highest BCUT2D eigenvalue weighted by molar-refractivity contribution is 6.31. The van der Waals surface area contributed by atoms with Gasteiger partial charge in [-0.25, -0.2) is 13.2 Å². The van der Waals surface area contributed by atoms with Crippen LogP contribution in [-0.4, -0.2) is 19.2 Å². The zero-order valence-corrected chi connectivity index (χ0v) is 13.4. The first-order valence-corrected chi connectivity index (χ1v) is 7.56. The zero-order chi connectivity index (χ0) is 18.0. The molecule has 1 aliphatic heterocycles. The lowest BCUT2D eigenvalue weighted by Gasteiger charge is -2.11. The molecular weight excluding hydrogens is 361 g/mol. The first-order valence-electron chi connectivity index (χ1n) is 7.18. The van der Waals surface area contributed by atoms with Gasteiger partial charge in [0.2, 0.25) is 12.7 Å².